The number of methoxy groups -OCH3 is 1. The fourth-order valence-corrected chi connectivity index (χ4v) is 1.96. The first kappa shape index (κ1) is 17.5. The number of carbonyl (C=O) groups excluding carboxylic acids is 2. The Balaban J connectivity index is 2.06. The minimum Gasteiger partial charge on any atom is -0.495 e. The van der Waals surface area contributed by atoms with E-state index in [0.29, 0.717) is 16.5 Å². The molecule has 24 heavy (non-hydrogen) atoms. The van der Waals surface area contributed by atoms with Crippen LogP contribution in [0.25, 0.3) is 0 Å². The van der Waals surface area contributed by atoms with Gasteiger partial charge in [-0.1, -0.05) is 11.6 Å². The molecule has 2 rings (SSSR count). The van der Waals surface area contributed by atoms with Gasteiger partial charge >= 0.3 is 5.97 Å². The van der Waals surface area contributed by atoms with Gasteiger partial charge in [-0.2, -0.15) is 0 Å². The Morgan fingerprint density at radius 3 is 2.67 bits per heavy atom. The molecule has 0 aliphatic rings. The molecule has 0 spiro atoms. The maximum Gasteiger partial charge on any atom is 0.361 e. The van der Waals surface area contributed by atoms with Gasteiger partial charge in [-0.25, -0.2) is 14.8 Å². The van der Waals surface area contributed by atoms with Crippen molar-refractivity contribution in [2.24, 2.45) is 0 Å². The highest BCUT2D eigenvalue weighted by Gasteiger charge is 2.22. The van der Waals surface area contributed by atoms with Crippen molar-refractivity contribution in [1.29, 1.82) is 0 Å². The summed E-state index contributed by atoms with van der Waals surface area (Å²) >= 11 is 5.90. The second kappa shape index (κ2) is 7.60. The number of carbonyl (C=O) groups is 2. The van der Waals surface area contributed by atoms with E-state index < -0.39 is 18.0 Å². The normalized spacial score (nSPS) is 11.5. The summed E-state index contributed by atoms with van der Waals surface area (Å²) < 4.78 is 10.2. The van der Waals surface area contributed by atoms with Gasteiger partial charge in [0.1, 0.15) is 5.75 Å². The summed E-state index contributed by atoms with van der Waals surface area (Å²) in [4.78, 5) is 31.7. The number of halogens is 1. The number of hydrogen-bond donors (Lipinski definition) is 2. The molecule has 0 bridgehead atoms. The molecule has 0 saturated carbocycles. The van der Waals surface area contributed by atoms with Gasteiger partial charge < -0.3 is 20.5 Å². The van der Waals surface area contributed by atoms with Crippen LogP contribution in [0.1, 0.15) is 17.4 Å². The number of nitrogen functional groups attached to an aromatic ring is 1. The predicted octanol–water partition coefficient (Wildman–Crippen LogP) is 1.90. The number of amides is 1. The zero-order valence-electron chi connectivity index (χ0n) is 12.9. The Morgan fingerprint density at radius 2 is 2.00 bits per heavy atom. The second-order valence-electron chi connectivity index (χ2n) is 4.67. The van der Waals surface area contributed by atoms with Gasteiger partial charge in [0, 0.05) is 17.4 Å². The van der Waals surface area contributed by atoms with Crippen molar-refractivity contribution in [1.82, 2.24) is 9.97 Å². The Morgan fingerprint density at radius 1 is 1.29 bits per heavy atom. The van der Waals surface area contributed by atoms with Crippen LogP contribution in [-0.2, 0) is 9.53 Å². The van der Waals surface area contributed by atoms with Crippen molar-refractivity contribution in [3.05, 3.63) is 41.3 Å². The van der Waals surface area contributed by atoms with Gasteiger partial charge in [-0.15, -0.1) is 0 Å². The number of esters is 1. The van der Waals surface area contributed by atoms with Crippen LogP contribution >= 0.6 is 11.6 Å². The lowest BCUT2D eigenvalue weighted by atomic mass is 10.2. The van der Waals surface area contributed by atoms with Crippen LogP contribution in [0.3, 0.4) is 0 Å². The molecule has 1 aromatic carbocycles. The van der Waals surface area contributed by atoms with Crippen LogP contribution in [-0.4, -0.2) is 35.1 Å². The van der Waals surface area contributed by atoms with Crippen LogP contribution < -0.4 is 15.8 Å². The third-order valence-corrected chi connectivity index (χ3v) is 3.23. The number of aromatic nitrogens is 2. The van der Waals surface area contributed by atoms with Crippen LogP contribution in [0.2, 0.25) is 5.02 Å². The fourth-order valence-electron chi connectivity index (χ4n) is 1.79. The van der Waals surface area contributed by atoms with Crippen molar-refractivity contribution in [3.63, 3.8) is 0 Å². The topological polar surface area (TPSA) is 116 Å². The lowest BCUT2D eigenvalue weighted by molar-refractivity contribution is -0.123. The largest absolute Gasteiger partial charge is 0.495 e. The number of ether oxygens (including phenoxy) is 2. The van der Waals surface area contributed by atoms with Gasteiger partial charge in [0.15, 0.2) is 17.6 Å². The van der Waals surface area contributed by atoms with E-state index in [4.69, 9.17) is 26.8 Å². The minimum absolute atomic E-state index is 0.0772. The smallest absolute Gasteiger partial charge is 0.361 e. The summed E-state index contributed by atoms with van der Waals surface area (Å²) in [7, 11) is 1.46. The second-order valence-corrected chi connectivity index (χ2v) is 5.11. The molecule has 1 atom stereocenters. The fraction of sp³-hybridized carbons (Fsp3) is 0.200. The molecular weight excluding hydrogens is 336 g/mol. The minimum atomic E-state index is -1.09. The van der Waals surface area contributed by atoms with E-state index in [-0.39, 0.29) is 11.5 Å². The van der Waals surface area contributed by atoms with Crippen molar-refractivity contribution >= 4 is 35.0 Å². The van der Waals surface area contributed by atoms with Crippen molar-refractivity contribution < 1.29 is 19.1 Å². The molecule has 8 nitrogen and oxygen atoms in total. The first-order chi connectivity index (χ1) is 11.4. The molecule has 1 amide bonds. The van der Waals surface area contributed by atoms with E-state index >= 15 is 0 Å². The third-order valence-electron chi connectivity index (χ3n) is 2.99. The van der Waals surface area contributed by atoms with Gasteiger partial charge in [0.2, 0.25) is 0 Å². The third kappa shape index (κ3) is 4.11. The quantitative estimate of drug-likeness (QED) is 0.791. The molecule has 0 radical (unpaired) electrons. The summed E-state index contributed by atoms with van der Waals surface area (Å²) in [6.07, 6.45) is 1.55. The van der Waals surface area contributed by atoms with E-state index in [0.717, 1.165) is 0 Å². The lowest BCUT2D eigenvalue weighted by Crippen LogP contribution is -2.30. The maximum atomic E-state index is 12.2. The molecule has 9 heteroatoms. The molecule has 0 aliphatic heterocycles. The zero-order chi connectivity index (χ0) is 17.7. The van der Waals surface area contributed by atoms with Gasteiger partial charge in [0.05, 0.1) is 12.8 Å². The van der Waals surface area contributed by atoms with Crippen LogP contribution in [0.4, 0.5) is 11.5 Å². The molecule has 1 heterocycles. The summed E-state index contributed by atoms with van der Waals surface area (Å²) in [5.74, 6) is -1.07. The number of benzene rings is 1. The van der Waals surface area contributed by atoms with Crippen molar-refractivity contribution in [3.8, 4) is 5.75 Å². The number of anilines is 2. The first-order valence-corrected chi connectivity index (χ1v) is 7.22. The molecule has 0 aliphatic carbocycles. The first-order valence-electron chi connectivity index (χ1n) is 6.84. The molecule has 0 saturated heterocycles. The molecule has 126 valence electrons. The SMILES string of the molecule is COc1ccc(Cl)cc1NC(=O)C(C)OC(=O)c1nccnc1N. The Hall–Kier alpha value is -2.87. The number of rotatable bonds is 5. The Bertz CT molecular complexity index is 769. The van der Waals surface area contributed by atoms with Crippen LogP contribution in [0.5, 0.6) is 5.75 Å². The molecule has 3 N–H and O–H groups in total. The van der Waals surface area contributed by atoms with Crippen molar-refractivity contribution in [2.45, 2.75) is 13.0 Å². The summed E-state index contributed by atoms with van der Waals surface area (Å²) in [6, 6.07) is 4.75. The highest BCUT2D eigenvalue weighted by molar-refractivity contribution is 6.31. The average molecular weight is 351 g/mol. The lowest BCUT2D eigenvalue weighted by Gasteiger charge is -2.15. The number of nitrogens with zero attached hydrogens (tertiary/aromatic N) is 2. The molecule has 1 aromatic heterocycles. The van der Waals surface area contributed by atoms with Gasteiger partial charge in [0.25, 0.3) is 5.91 Å². The average Bonchev–Trinajstić information content (AvgIpc) is 2.55. The summed E-state index contributed by atoms with van der Waals surface area (Å²) in [6.45, 7) is 1.41. The predicted molar refractivity (Wildman–Crippen MR) is 88.0 cm³/mol. The molecule has 0 fully saturated rings. The number of nitrogens with one attached hydrogen (secondary N) is 1. The summed E-state index contributed by atoms with van der Waals surface area (Å²) in [5.41, 5.74) is 5.75. The maximum absolute atomic E-state index is 12.2. The highest BCUT2D eigenvalue weighted by Crippen LogP contribution is 2.27. The molecular formula is C15H15ClN4O4. The van der Waals surface area contributed by atoms with E-state index in [2.05, 4.69) is 15.3 Å². The van der Waals surface area contributed by atoms with Crippen molar-refractivity contribution in [2.75, 3.05) is 18.2 Å². The Kier molecular flexibility index (Phi) is 5.54. The van der Waals surface area contributed by atoms with Gasteiger partial charge in [-0.05, 0) is 25.1 Å². The standard InChI is InChI=1S/C15H15ClN4O4/c1-8(24-15(22)12-13(17)19-6-5-18-12)14(21)20-10-7-9(16)3-4-11(10)23-2/h3-8H,1-2H3,(H2,17,19)(H,20,21). The summed E-state index contributed by atoms with van der Waals surface area (Å²) in [5, 5.41) is 3.00. The monoisotopic (exact) mass is 350 g/mol. The zero-order valence-corrected chi connectivity index (χ0v) is 13.7. The Labute approximate surface area is 142 Å². The van der Waals surface area contributed by atoms with Crippen LogP contribution in [0, 0.1) is 0 Å². The van der Waals surface area contributed by atoms with Crippen LogP contribution in [0.15, 0.2) is 30.6 Å². The van der Waals surface area contributed by atoms with E-state index in [9.17, 15) is 9.59 Å². The number of nitrogens with two attached hydrogens (primary N) is 1. The van der Waals surface area contributed by atoms with E-state index in [1.165, 1.54) is 32.5 Å². The van der Waals surface area contributed by atoms with E-state index in [1.807, 2.05) is 0 Å². The highest BCUT2D eigenvalue weighted by atomic mass is 35.5. The van der Waals surface area contributed by atoms with Gasteiger partial charge in [-0.3, -0.25) is 4.79 Å². The van der Waals surface area contributed by atoms with E-state index in [1.54, 1.807) is 12.1 Å². The number of hydrogen-bond acceptors (Lipinski definition) is 7. The molecule has 1 unspecified atom stereocenters. The molecule has 2 aromatic rings.